The molecule has 0 saturated carbocycles. The van der Waals surface area contributed by atoms with Gasteiger partial charge in [-0.1, -0.05) is 97.8 Å². The van der Waals surface area contributed by atoms with Gasteiger partial charge < -0.3 is 63.9 Å². The molecule has 3 aromatic rings. The van der Waals surface area contributed by atoms with Gasteiger partial charge in [-0.3, -0.25) is 47.9 Å². The molecule has 3 heterocycles. The lowest BCUT2D eigenvalue weighted by molar-refractivity contribution is -0.137. The molecule has 1 saturated heterocycles. The highest BCUT2D eigenvalue weighted by Gasteiger charge is 2.32. The number of carbonyl (C=O) groups is 7. The molecule has 1 aliphatic heterocycles. The number of amides is 7. The summed E-state index contributed by atoms with van der Waals surface area (Å²) in [5.41, 5.74) is 18.5. The number of H-pyrrole nitrogens is 1. The first-order valence-corrected chi connectivity index (χ1v) is 30.5. The molecule has 0 radical (unpaired) electrons. The predicted molar refractivity (Wildman–Crippen MR) is 324 cm³/mol. The summed E-state index contributed by atoms with van der Waals surface area (Å²) < 4.78 is 1.15. The second kappa shape index (κ2) is 38.6. The van der Waals surface area contributed by atoms with Crippen molar-refractivity contribution < 1.29 is 33.6 Å². The Morgan fingerprint density at radius 2 is 1.30 bits per heavy atom. The van der Waals surface area contributed by atoms with Gasteiger partial charge in [0.25, 0.3) is 5.56 Å². The van der Waals surface area contributed by atoms with Gasteiger partial charge in [-0.25, -0.2) is 9.97 Å². The summed E-state index contributed by atoms with van der Waals surface area (Å²) in [5, 5.41) is 17.2. The smallest absolute Gasteiger partial charge is 0.261 e. The fraction of sp³-hybridized carbons (Fsp3) is 0.678. The molecule has 462 valence electrons. The van der Waals surface area contributed by atoms with Crippen molar-refractivity contribution in [1.82, 2.24) is 56.3 Å². The maximum Gasteiger partial charge on any atom is 0.261 e. The number of nitrogens with one attached hydrogen (secondary N) is 7. The summed E-state index contributed by atoms with van der Waals surface area (Å²) >= 11 is 0. The first-order chi connectivity index (χ1) is 40.0. The second-order valence-electron chi connectivity index (χ2n) is 22.0. The van der Waals surface area contributed by atoms with Crippen LogP contribution in [0.5, 0.6) is 0 Å². The van der Waals surface area contributed by atoms with Crippen LogP contribution in [0.15, 0.2) is 46.8 Å². The molecule has 4 rings (SSSR count). The Kier molecular flexibility index (Phi) is 31.8. The topological polar surface area (TPSA) is 352 Å². The molecule has 13 N–H and O–H groups in total. The number of piperazine rings is 1. The van der Waals surface area contributed by atoms with E-state index < -0.39 is 54.0 Å². The average Bonchev–Trinajstić information content (AvgIpc) is 4.01. The molecule has 83 heavy (non-hydrogen) atoms. The highest BCUT2D eigenvalue weighted by Crippen LogP contribution is 2.22. The lowest BCUT2D eigenvalue weighted by Gasteiger charge is -2.38. The van der Waals surface area contributed by atoms with Gasteiger partial charge in [0.05, 0.1) is 29.6 Å². The molecule has 7 amide bonds. The van der Waals surface area contributed by atoms with Gasteiger partial charge in [-0.05, 0) is 75.5 Å². The van der Waals surface area contributed by atoms with Crippen LogP contribution in [0.1, 0.15) is 168 Å². The number of hydrogen-bond donors (Lipinski definition) is 10. The summed E-state index contributed by atoms with van der Waals surface area (Å²) in [6.07, 6.45) is 24.1. The van der Waals surface area contributed by atoms with Crippen molar-refractivity contribution in [1.29, 1.82) is 0 Å². The molecule has 5 atom stereocenters. The zero-order valence-corrected chi connectivity index (χ0v) is 50.0. The summed E-state index contributed by atoms with van der Waals surface area (Å²) in [6.45, 7) is 8.40. The third-order valence-electron chi connectivity index (χ3n) is 15.4. The minimum Gasteiger partial charge on any atom is -0.370 e. The number of nitrogens with two attached hydrogens (primary N) is 3. The molecule has 1 aromatic carbocycles. The number of hydrogen-bond acceptors (Lipinski definition) is 13. The van der Waals surface area contributed by atoms with Gasteiger partial charge in [0.2, 0.25) is 41.4 Å². The number of imidazole rings is 1. The van der Waals surface area contributed by atoms with Crippen LogP contribution < -0.4 is 59.6 Å². The minimum atomic E-state index is -1.12. The van der Waals surface area contributed by atoms with Crippen molar-refractivity contribution in [2.75, 3.05) is 57.8 Å². The zero-order chi connectivity index (χ0) is 60.4. The predicted octanol–water partition coefficient (Wildman–Crippen LogP) is 3.30. The van der Waals surface area contributed by atoms with E-state index in [4.69, 9.17) is 17.2 Å². The number of guanidine groups is 1. The third-order valence-corrected chi connectivity index (χ3v) is 15.4. The molecule has 0 aliphatic carbocycles. The highest BCUT2D eigenvalue weighted by molar-refractivity contribution is 5.92. The SMILES string of the molecule is CCCCCCCCCCCCCC(=O)NCCCCCC(=O)NCCCC[C@H](NC(=O)[C@@H](N)[C@@H](C)CC)C(=O)N1CCN(c2ccc3ncn(CC(=O)N[C@@H](CCCN=C(N)N)C(=O)N[C@@H](Cc4cnc[nH]4)C(=O)NC)c(=O)c3c2)CC1. The van der Waals surface area contributed by atoms with Gasteiger partial charge in [0, 0.05) is 89.7 Å². The number of unbranched alkanes of at least 4 members (excludes halogenated alkanes) is 13. The van der Waals surface area contributed by atoms with E-state index >= 15 is 0 Å². The van der Waals surface area contributed by atoms with Crippen LogP contribution >= 0.6 is 0 Å². The van der Waals surface area contributed by atoms with Crippen molar-refractivity contribution in [2.45, 2.75) is 199 Å². The van der Waals surface area contributed by atoms with E-state index in [-0.39, 0.29) is 60.3 Å². The maximum atomic E-state index is 14.2. The molecule has 0 spiro atoms. The number of nitrogens with zero attached hydrogens (tertiary/aromatic N) is 6. The summed E-state index contributed by atoms with van der Waals surface area (Å²) in [7, 11) is 1.45. The van der Waals surface area contributed by atoms with E-state index in [1.165, 1.54) is 83.7 Å². The highest BCUT2D eigenvalue weighted by atomic mass is 16.2. The fourth-order valence-corrected chi connectivity index (χ4v) is 9.98. The van der Waals surface area contributed by atoms with Crippen LogP contribution in [0.25, 0.3) is 10.9 Å². The zero-order valence-electron chi connectivity index (χ0n) is 50.0. The van der Waals surface area contributed by atoms with Crippen molar-refractivity contribution in [3.8, 4) is 0 Å². The monoisotopic (exact) mass is 1160 g/mol. The summed E-state index contributed by atoms with van der Waals surface area (Å²) in [5.74, 6) is -2.51. The Labute approximate surface area is 490 Å². The summed E-state index contributed by atoms with van der Waals surface area (Å²) in [6, 6.07) is 1.56. The molecular weight excluding hydrogens is 1060 g/mol. The molecule has 1 fully saturated rings. The number of aliphatic imine (C=N–C) groups is 1. The first kappa shape index (κ1) is 68.4. The molecule has 24 heteroatoms. The fourth-order valence-electron chi connectivity index (χ4n) is 9.98. The lowest BCUT2D eigenvalue weighted by atomic mass is 9.98. The van der Waals surface area contributed by atoms with Crippen molar-refractivity contribution in [2.24, 2.45) is 28.1 Å². The molecule has 1 aliphatic rings. The normalized spacial score (nSPS) is 14.2. The van der Waals surface area contributed by atoms with Crippen molar-refractivity contribution >= 4 is 63.9 Å². The van der Waals surface area contributed by atoms with E-state index in [0.29, 0.717) is 101 Å². The molecule has 2 aromatic heterocycles. The number of aromatic amines is 1. The number of carbonyl (C=O) groups excluding carboxylic acids is 7. The van der Waals surface area contributed by atoms with Crippen LogP contribution in [0.3, 0.4) is 0 Å². The Morgan fingerprint density at radius 3 is 1.90 bits per heavy atom. The Morgan fingerprint density at radius 1 is 0.699 bits per heavy atom. The Balaban J connectivity index is 1.25. The lowest BCUT2D eigenvalue weighted by Crippen LogP contribution is -2.57. The molecule has 0 bridgehead atoms. The van der Waals surface area contributed by atoms with Crippen LogP contribution in [-0.2, 0) is 46.5 Å². The molecular formula is C59H98N16O8. The van der Waals surface area contributed by atoms with Crippen LogP contribution in [0.2, 0.25) is 0 Å². The van der Waals surface area contributed by atoms with Gasteiger partial charge in [-0.15, -0.1) is 0 Å². The number of rotatable bonds is 41. The standard InChI is InChI=1S/C59H98N16O8/c1-5-7-8-9-10-11-12-13-14-15-17-25-50(76)65-29-20-16-18-26-51(77)66-30-21-19-23-48(71-56(81)53(60)42(3)6-2)58(83)74-34-32-73(33-35-74)44-27-28-46-45(37-44)57(82)75(41-69-46)39-52(78)70-47(24-22-31-67-59(61)62)55(80)72-49(54(79)63-4)36-43-38-64-40-68-43/h27-28,37-38,40-42,47-49,53H,5-26,29-36,39,60H2,1-4H3,(H,63,79)(H,64,68)(H,65,76)(H,66,77)(H,70,78)(H,71,81)(H,72,80)(H4,61,62,67)/t42-,47-,48-,49-,53-/m0/s1. The van der Waals surface area contributed by atoms with Gasteiger partial charge in [0.1, 0.15) is 24.7 Å². The number of benzene rings is 1. The quantitative estimate of drug-likeness (QED) is 0.0222. The van der Waals surface area contributed by atoms with Crippen molar-refractivity contribution in [3.05, 3.63) is 53.1 Å². The first-order valence-electron chi connectivity index (χ1n) is 30.5. The van der Waals surface area contributed by atoms with Gasteiger partial charge >= 0.3 is 0 Å². The van der Waals surface area contributed by atoms with E-state index in [1.807, 2.05) is 24.8 Å². The number of fused-ring (bicyclic) bond motifs is 1. The Bertz CT molecular complexity index is 2550. The number of likely N-dealkylation sites (N-methyl/N-ethyl adjacent to an activating group) is 1. The van der Waals surface area contributed by atoms with E-state index in [9.17, 15) is 38.4 Å². The van der Waals surface area contributed by atoms with Gasteiger partial charge in [-0.2, -0.15) is 0 Å². The van der Waals surface area contributed by atoms with Crippen LogP contribution in [0, 0.1) is 5.92 Å². The van der Waals surface area contributed by atoms with E-state index in [0.717, 1.165) is 36.7 Å². The maximum absolute atomic E-state index is 14.2. The van der Waals surface area contributed by atoms with E-state index in [2.05, 4.69) is 58.8 Å². The third kappa shape index (κ3) is 25.5. The minimum absolute atomic E-state index is 0.0431. The Hall–Kier alpha value is -7.11. The van der Waals surface area contributed by atoms with Gasteiger partial charge in [0.15, 0.2) is 5.96 Å². The summed E-state index contributed by atoms with van der Waals surface area (Å²) in [4.78, 5) is 125. The van der Waals surface area contributed by atoms with E-state index in [1.54, 1.807) is 17.0 Å². The average molecular weight is 1160 g/mol. The second-order valence-corrected chi connectivity index (χ2v) is 22.0. The molecule has 24 nitrogen and oxygen atoms in total. The van der Waals surface area contributed by atoms with Crippen LogP contribution in [-0.4, -0.2) is 149 Å². The molecule has 0 unspecified atom stereocenters. The number of aromatic nitrogens is 4. The van der Waals surface area contributed by atoms with Crippen molar-refractivity contribution in [3.63, 3.8) is 0 Å². The largest absolute Gasteiger partial charge is 0.370 e. The van der Waals surface area contributed by atoms with Crippen LogP contribution in [0.4, 0.5) is 5.69 Å². The number of anilines is 1.